The van der Waals surface area contributed by atoms with Gasteiger partial charge < -0.3 is 15.1 Å². The molecular weight excluding hydrogens is 370 g/mol. The fourth-order valence-electron chi connectivity index (χ4n) is 2.68. The van der Waals surface area contributed by atoms with Gasteiger partial charge in [-0.25, -0.2) is 4.98 Å². The highest BCUT2D eigenvalue weighted by Crippen LogP contribution is 2.25. The highest BCUT2D eigenvalue weighted by molar-refractivity contribution is 9.10. The van der Waals surface area contributed by atoms with E-state index in [1.165, 1.54) is 0 Å². The number of carbonyl (C=O) groups excluding carboxylic acids is 1. The smallest absolute Gasteiger partial charge is 0.227 e. The van der Waals surface area contributed by atoms with Crippen molar-refractivity contribution in [2.24, 2.45) is 0 Å². The van der Waals surface area contributed by atoms with Crippen molar-refractivity contribution >= 4 is 39.3 Å². The number of amides is 1. The van der Waals surface area contributed by atoms with E-state index in [-0.39, 0.29) is 5.91 Å². The molecule has 3 rings (SSSR count). The van der Waals surface area contributed by atoms with Crippen molar-refractivity contribution in [2.45, 2.75) is 13.8 Å². The first kappa shape index (κ1) is 16.7. The number of hydrogen-bond acceptors (Lipinski definition) is 5. The number of aromatic nitrogens is 2. The van der Waals surface area contributed by atoms with Gasteiger partial charge in [-0.3, -0.25) is 4.79 Å². The molecule has 0 bridgehead atoms. The number of aryl methyl sites for hydroxylation is 1. The molecule has 1 amide bonds. The molecule has 7 heteroatoms. The number of nitrogens with one attached hydrogen (secondary N) is 1. The molecule has 1 aliphatic heterocycles. The molecular formula is C17H20BrN5O. The Morgan fingerprint density at radius 3 is 2.54 bits per heavy atom. The van der Waals surface area contributed by atoms with Crippen LogP contribution >= 0.6 is 15.9 Å². The van der Waals surface area contributed by atoms with Gasteiger partial charge in [-0.1, -0.05) is 12.1 Å². The minimum Gasteiger partial charge on any atom is -0.339 e. The van der Waals surface area contributed by atoms with Crippen LogP contribution in [-0.2, 0) is 4.79 Å². The Balaban J connectivity index is 1.77. The predicted octanol–water partition coefficient (Wildman–Crippen LogP) is 2.96. The second-order valence-electron chi connectivity index (χ2n) is 5.79. The van der Waals surface area contributed by atoms with Crippen molar-refractivity contribution in [1.29, 1.82) is 0 Å². The summed E-state index contributed by atoms with van der Waals surface area (Å²) >= 11 is 3.53. The zero-order chi connectivity index (χ0) is 17.1. The van der Waals surface area contributed by atoms with Crippen LogP contribution in [0.15, 0.2) is 34.8 Å². The average molecular weight is 390 g/mol. The number of nitrogens with zero attached hydrogens (tertiary/aromatic N) is 4. The first-order chi connectivity index (χ1) is 11.5. The molecule has 0 unspecified atom stereocenters. The maximum absolute atomic E-state index is 11.4. The molecule has 1 N–H and O–H groups in total. The van der Waals surface area contributed by atoms with E-state index < -0.39 is 0 Å². The molecule has 0 atom stereocenters. The van der Waals surface area contributed by atoms with Crippen LogP contribution in [-0.4, -0.2) is 47.0 Å². The summed E-state index contributed by atoms with van der Waals surface area (Å²) in [5.41, 5.74) is 1.87. The average Bonchev–Trinajstić information content (AvgIpc) is 2.56. The molecule has 6 nitrogen and oxygen atoms in total. The van der Waals surface area contributed by atoms with Gasteiger partial charge in [-0.05, 0) is 35.0 Å². The molecule has 0 spiro atoms. The molecule has 1 aliphatic rings. The van der Waals surface area contributed by atoms with Gasteiger partial charge in [0.2, 0.25) is 11.9 Å². The summed E-state index contributed by atoms with van der Waals surface area (Å²) in [7, 11) is 0. The van der Waals surface area contributed by atoms with Gasteiger partial charge in [0.25, 0.3) is 0 Å². The number of carbonyl (C=O) groups is 1. The quantitative estimate of drug-likeness (QED) is 0.873. The molecule has 2 heterocycles. The number of anilines is 3. The summed E-state index contributed by atoms with van der Waals surface area (Å²) < 4.78 is 0.984. The third-order valence-corrected chi connectivity index (χ3v) is 4.68. The molecule has 24 heavy (non-hydrogen) atoms. The Morgan fingerprint density at radius 1 is 1.17 bits per heavy atom. The van der Waals surface area contributed by atoms with E-state index in [1.807, 2.05) is 42.2 Å². The Kier molecular flexibility index (Phi) is 4.99. The van der Waals surface area contributed by atoms with Crippen molar-refractivity contribution in [2.75, 3.05) is 36.4 Å². The lowest BCUT2D eigenvalue weighted by molar-refractivity contribution is -0.129. The second-order valence-corrected chi connectivity index (χ2v) is 6.65. The van der Waals surface area contributed by atoms with E-state index in [2.05, 4.69) is 36.1 Å². The van der Waals surface area contributed by atoms with Gasteiger partial charge in [-0.15, -0.1) is 0 Å². The Labute approximate surface area is 150 Å². The first-order valence-electron chi connectivity index (χ1n) is 7.90. The van der Waals surface area contributed by atoms with Gasteiger partial charge in [0.05, 0.1) is 5.69 Å². The molecule has 0 radical (unpaired) electrons. The van der Waals surface area contributed by atoms with Crippen LogP contribution in [0.4, 0.5) is 17.5 Å². The van der Waals surface area contributed by atoms with Crippen LogP contribution in [0, 0.1) is 6.92 Å². The van der Waals surface area contributed by atoms with Crippen molar-refractivity contribution in [3.8, 4) is 0 Å². The van der Waals surface area contributed by atoms with Crippen molar-refractivity contribution in [3.05, 3.63) is 40.5 Å². The van der Waals surface area contributed by atoms with E-state index >= 15 is 0 Å². The predicted molar refractivity (Wildman–Crippen MR) is 98.7 cm³/mol. The highest BCUT2D eigenvalue weighted by atomic mass is 79.9. The van der Waals surface area contributed by atoms with Gasteiger partial charge in [-0.2, -0.15) is 4.98 Å². The monoisotopic (exact) mass is 389 g/mol. The van der Waals surface area contributed by atoms with E-state index in [4.69, 9.17) is 0 Å². The molecule has 1 fully saturated rings. The van der Waals surface area contributed by atoms with Crippen LogP contribution in [0.2, 0.25) is 0 Å². The SMILES string of the molecule is CC(=O)N1CCN(c2nc(C)cc(Nc3ccccc3Br)n2)CC1. The van der Waals surface area contributed by atoms with Crippen LogP contribution in [0.1, 0.15) is 12.6 Å². The topological polar surface area (TPSA) is 61.4 Å². The Bertz CT molecular complexity index is 744. The molecule has 1 aromatic carbocycles. The van der Waals surface area contributed by atoms with Crippen molar-refractivity contribution in [1.82, 2.24) is 14.9 Å². The first-order valence-corrected chi connectivity index (χ1v) is 8.70. The van der Waals surface area contributed by atoms with Crippen LogP contribution in [0.25, 0.3) is 0 Å². The molecule has 0 aliphatic carbocycles. The second kappa shape index (κ2) is 7.17. The van der Waals surface area contributed by atoms with Gasteiger partial charge in [0.1, 0.15) is 5.82 Å². The maximum Gasteiger partial charge on any atom is 0.227 e. The van der Waals surface area contributed by atoms with Gasteiger partial charge in [0.15, 0.2) is 0 Å². The summed E-state index contributed by atoms with van der Waals surface area (Å²) in [4.78, 5) is 24.6. The minimum absolute atomic E-state index is 0.121. The van der Waals surface area contributed by atoms with Crippen molar-refractivity contribution < 1.29 is 4.79 Å². The number of para-hydroxylation sites is 1. The number of benzene rings is 1. The molecule has 2 aromatic rings. The Hall–Kier alpha value is -2.15. The number of hydrogen-bond donors (Lipinski definition) is 1. The van der Waals surface area contributed by atoms with Crippen molar-refractivity contribution in [3.63, 3.8) is 0 Å². The van der Waals surface area contributed by atoms with E-state index in [1.54, 1.807) is 6.92 Å². The normalized spacial score (nSPS) is 14.6. The fraction of sp³-hybridized carbons (Fsp3) is 0.353. The minimum atomic E-state index is 0.121. The van der Waals surface area contributed by atoms with E-state index in [0.29, 0.717) is 19.0 Å². The molecule has 1 aromatic heterocycles. The molecule has 0 saturated carbocycles. The molecule has 1 saturated heterocycles. The standard InChI is InChI=1S/C17H20BrN5O/c1-12-11-16(20-15-6-4-3-5-14(15)18)21-17(19-12)23-9-7-22(8-10-23)13(2)24/h3-6,11H,7-10H2,1-2H3,(H,19,20,21). The third kappa shape index (κ3) is 3.84. The van der Waals surface area contributed by atoms with E-state index in [9.17, 15) is 4.79 Å². The molecule has 126 valence electrons. The Morgan fingerprint density at radius 2 is 1.88 bits per heavy atom. The number of piperazine rings is 1. The highest BCUT2D eigenvalue weighted by Gasteiger charge is 2.21. The maximum atomic E-state index is 11.4. The summed E-state index contributed by atoms with van der Waals surface area (Å²) in [5.74, 6) is 1.59. The summed E-state index contributed by atoms with van der Waals surface area (Å²) in [5, 5.41) is 3.33. The van der Waals surface area contributed by atoms with Gasteiger partial charge >= 0.3 is 0 Å². The zero-order valence-electron chi connectivity index (χ0n) is 13.8. The summed E-state index contributed by atoms with van der Waals surface area (Å²) in [6.07, 6.45) is 0. The van der Waals surface area contributed by atoms with Crippen LogP contribution in [0.5, 0.6) is 0 Å². The summed E-state index contributed by atoms with van der Waals surface area (Å²) in [6.45, 7) is 6.48. The lowest BCUT2D eigenvalue weighted by Gasteiger charge is -2.34. The van der Waals surface area contributed by atoms with E-state index in [0.717, 1.165) is 34.8 Å². The summed E-state index contributed by atoms with van der Waals surface area (Å²) in [6, 6.07) is 9.85. The van der Waals surface area contributed by atoms with Crippen LogP contribution in [0.3, 0.4) is 0 Å². The zero-order valence-corrected chi connectivity index (χ0v) is 15.4. The number of halogens is 1. The fourth-order valence-corrected chi connectivity index (χ4v) is 3.06. The van der Waals surface area contributed by atoms with Gasteiger partial charge in [0, 0.05) is 49.3 Å². The van der Waals surface area contributed by atoms with Crippen LogP contribution < -0.4 is 10.2 Å². The largest absolute Gasteiger partial charge is 0.339 e. The lowest BCUT2D eigenvalue weighted by Crippen LogP contribution is -2.48. The lowest BCUT2D eigenvalue weighted by atomic mass is 10.3. The third-order valence-electron chi connectivity index (χ3n) is 3.99. The number of rotatable bonds is 3.